The molecule has 1 nitrogen and oxygen atoms in total. The fraction of sp³-hybridized carbons (Fsp3) is 0.889. The molecule has 0 aliphatic heterocycles. The van der Waals surface area contributed by atoms with E-state index in [0.29, 0.717) is 0 Å². The Bertz CT molecular complexity index is 86.1. The van der Waals surface area contributed by atoms with Gasteiger partial charge in [-0.15, -0.1) is 0 Å². The Morgan fingerprint density at radius 1 is 1.00 bits per heavy atom. The Morgan fingerprint density at radius 3 is 1.50 bits per heavy atom. The van der Waals surface area contributed by atoms with Crippen molar-refractivity contribution >= 4 is 0 Å². The van der Waals surface area contributed by atoms with Crippen LogP contribution in [0, 0.1) is 23.7 Å². The maximum Gasteiger partial charge on any atom is 0.0462 e. The number of hydrogen-bond donors (Lipinski definition) is 0. The van der Waals surface area contributed by atoms with Gasteiger partial charge in [-0.25, -0.2) is 5.26 Å². The lowest BCUT2D eigenvalue weighted by molar-refractivity contribution is 0.277. The van der Waals surface area contributed by atoms with Gasteiger partial charge in [-0.05, 0) is 11.8 Å². The molecule has 0 radical (unpaired) electrons. The molecule has 1 aliphatic carbocycles. The molecular weight excluding hydrogens is 122 g/mol. The van der Waals surface area contributed by atoms with Crippen LogP contribution in [0.15, 0.2) is 0 Å². The fourth-order valence-electron chi connectivity index (χ4n) is 1.50. The molecule has 0 aromatic rings. The van der Waals surface area contributed by atoms with Crippen LogP contribution in [0.25, 0.3) is 0 Å². The van der Waals surface area contributed by atoms with E-state index in [1.807, 2.05) is 0 Å². The minimum atomic E-state index is 1.00. The predicted octanol–water partition coefficient (Wildman–Crippen LogP) is 2.97. The van der Waals surface area contributed by atoms with E-state index in [1.165, 1.54) is 25.7 Å². The Hall–Kier alpha value is -0.510. The smallest absolute Gasteiger partial charge is 0.0462 e. The molecule has 10 heavy (non-hydrogen) atoms. The average molecular weight is 139 g/mol. The molecule has 0 heterocycles. The first-order valence-corrected chi connectivity index (χ1v) is 4.06. The summed E-state index contributed by atoms with van der Waals surface area (Å²) < 4.78 is 0. The molecule has 2 atom stereocenters. The number of hydrogen-bond acceptors (Lipinski definition) is 1. The van der Waals surface area contributed by atoms with Gasteiger partial charge in [-0.1, -0.05) is 39.5 Å². The van der Waals surface area contributed by atoms with Crippen molar-refractivity contribution < 1.29 is 0 Å². The fourth-order valence-corrected chi connectivity index (χ4v) is 1.50. The molecule has 0 amide bonds. The molecule has 0 aromatic heterocycles. The standard InChI is InChI=1S/C8H16.CHN/c1-7-5-3-4-6-8(7)2;1-2/h7-8H,3-6H2,1-2H3;1H. The third kappa shape index (κ3) is 2.87. The number of nitriles is 1. The van der Waals surface area contributed by atoms with Gasteiger partial charge in [-0.3, -0.25) is 0 Å². The van der Waals surface area contributed by atoms with Crippen LogP contribution in [0.4, 0.5) is 0 Å². The summed E-state index contributed by atoms with van der Waals surface area (Å²) in [5.74, 6) is 2.01. The maximum absolute atomic E-state index is 6.50. The highest BCUT2D eigenvalue weighted by Gasteiger charge is 2.15. The first kappa shape index (κ1) is 9.49. The molecule has 1 heteroatoms. The van der Waals surface area contributed by atoms with Crippen LogP contribution < -0.4 is 0 Å². The Balaban J connectivity index is 0.000000371. The highest BCUT2D eigenvalue weighted by molar-refractivity contribution is 4.67. The van der Waals surface area contributed by atoms with Crippen molar-refractivity contribution in [3.63, 3.8) is 0 Å². The van der Waals surface area contributed by atoms with Crippen LogP contribution in [0.1, 0.15) is 39.5 Å². The minimum Gasteiger partial charge on any atom is -0.202 e. The third-order valence-corrected chi connectivity index (χ3v) is 2.54. The maximum atomic E-state index is 6.50. The van der Waals surface area contributed by atoms with E-state index in [1.54, 1.807) is 0 Å². The molecule has 0 N–H and O–H groups in total. The summed E-state index contributed by atoms with van der Waals surface area (Å²) in [4.78, 5) is 0. The summed E-state index contributed by atoms with van der Waals surface area (Å²) in [6, 6.07) is 0. The third-order valence-electron chi connectivity index (χ3n) is 2.54. The lowest BCUT2D eigenvalue weighted by atomic mass is 9.82. The van der Waals surface area contributed by atoms with E-state index in [-0.39, 0.29) is 0 Å². The van der Waals surface area contributed by atoms with Gasteiger partial charge in [0.2, 0.25) is 0 Å². The monoisotopic (exact) mass is 139 g/mol. The topological polar surface area (TPSA) is 23.8 Å². The van der Waals surface area contributed by atoms with Crippen molar-refractivity contribution in [2.75, 3.05) is 0 Å². The largest absolute Gasteiger partial charge is 0.202 e. The molecule has 2 unspecified atom stereocenters. The minimum absolute atomic E-state index is 1.00. The van der Waals surface area contributed by atoms with E-state index >= 15 is 0 Å². The summed E-state index contributed by atoms with van der Waals surface area (Å²) in [7, 11) is 0. The predicted molar refractivity (Wildman–Crippen MR) is 43.5 cm³/mol. The molecule has 1 rings (SSSR count). The SMILES string of the molecule is C#N.CC1CCCCC1C. The van der Waals surface area contributed by atoms with Gasteiger partial charge in [0.1, 0.15) is 0 Å². The van der Waals surface area contributed by atoms with Gasteiger partial charge < -0.3 is 0 Å². The summed E-state index contributed by atoms with van der Waals surface area (Å²) >= 11 is 0. The highest BCUT2D eigenvalue weighted by atomic mass is 14.2. The van der Waals surface area contributed by atoms with E-state index in [9.17, 15) is 0 Å². The Labute approximate surface area is 64.1 Å². The second-order valence-electron chi connectivity index (χ2n) is 3.24. The highest BCUT2D eigenvalue weighted by Crippen LogP contribution is 2.28. The lowest BCUT2D eigenvalue weighted by Crippen LogP contribution is -2.12. The first-order valence-electron chi connectivity index (χ1n) is 4.06. The Kier molecular flexibility index (Phi) is 5.02. The van der Waals surface area contributed by atoms with Crippen molar-refractivity contribution in [2.24, 2.45) is 11.8 Å². The first-order chi connectivity index (χ1) is 4.80. The van der Waals surface area contributed by atoms with Crippen LogP contribution in [0.5, 0.6) is 0 Å². The molecule has 1 fully saturated rings. The van der Waals surface area contributed by atoms with Gasteiger partial charge in [-0.2, -0.15) is 0 Å². The molecule has 0 bridgehead atoms. The van der Waals surface area contributed by atoms with Crippen LogP contribution in [-0.4, -0.2) is 0 Å². The zero-order valence-electron chi connectivity index (χ0n) is 7.01. The average Bonchev–Trinajstić information content (AvgIpc) is 2.00. The van der Waals surface area contributed by atoms with Gasteiger partial charge in [0.05, 0.1) is 0 Å². The second-order valence-corrected chi connectivity index (χ2v) is 3.24. The summed E-state index contributed by atoms with van der Waals surface area (Å²) in [6.45, 7) is 8.26. The molecule has 0 spiro atoms. The van der Waals surface area contributed by atoms with Crippen molar-refractivity contribution in [2.45, 2.75) is 39.5 Å². The molecule has 0 aromatic carbocycles. The lowest BCUT2D eigenvalue weighted by Gasteiger charge is -2.24. The van der Waals surface area contributed by atoms with Gasteiger partial charge in [0.15, 0.2) is 0 Å². The quantitative estimate of drug-likeness (QED) is 0.506. The molecule has 58 valence electrons. The Morgan fingerprint density at radius 2 is 1.30 bits per heavy atom. The summed E-state index contributed by atoms with van der Waals surface area (Å²) in [5.41, 5.74) is 0. The van der Waals surface area contributed by atoms with Crippen molar-refractivity contribution in [3.05, 3.63) is 0 Å². The van der Waals surface area contributed by atoms with Crippen LogP contribution >= 0.6 is 0 Å². The zero-order valence-corrected chi connectivity index (χ0v) is 7.01. The van der Waals surface area contributed by atoms with Crippen LogP contribution in [0.2, 0.25) is 0 Å². The number of rotatable bonds is 0. The van der Waals surface area contributed by atoms with Gasteiger partial charge >= 0.3 is 0 Å². The van der Waals surface area contributed by atoms with Crippen molar-refractivity contribution in [1.82, 2.24) is 0 Å². The molecule has 1 aliphatic rings. The summed E-state index contributed by atoms with van der Waals surface area (Å²) in [6.07, 6.45) is 5.90. The molecular formula is C9H17N. The van der Waals surface area contributed by atoms with Gasteiger partial charge in [0, 0.05) is 6.57 Å². The molecule has 0 saturated heterocycles. The normalized spacial score (nSPS) is 32.0. The van der Waals surface area contributed by atoms with Gasteiger partial charge in [0.25, 0.3) is 0 Å². The van der Waals surface area contributed by atoms with E-state index in [4.69, 9.17) is 5.26 Å². The van der Waals surface area contributed by atoms with E-state index in [0.717, 1.165) is 11.8 Å². The van der Waals surface area contributed by atoms with E-state index in [2.05, 4.69) is 20.4 Å². The van der Waals surface area contributed by atoms with Crippen LogP contribution in [0.3, 0.4) is 0 Å². The second kappa shape index (κ2) is 5.29. The summed E-state index contributed by atoms with van der Waals surface area (Å²) in [5, 5.41) is 6.50. The van der Waals surface area contributed by atoms with Crippen molar-refractivity contribution in [1.29, 1.82) is 5.26 Å². The zero-order chi connectivity index (χ0) is 7.98. The van der Waals surface area contributed by atoms with E-state index < -0.39 is 0 Å². The number of nitrogens with zero attached hydrogens (tertiary/aromatic N) is 1. The van der Waals surface area contributed by atoms with Crippen LogP contribution in [-0.2, 0) is 0 Å². The molecule has 1 saturated carbocycles. The van der Waals surface area contributed by atoms with Crippen molar-refractivity contribution in [3.8, 4) is 6.57 Å².